The van der Waals surface area contributed by atoms with Gasteiger partial charge in [0.05, 0.1) is 6.61 Å². The number of hydrogen-bond donors (Lipinski definition) is 1. The van der Waals surface area contributed by atoms with Crippen molar-refractivity contribution in [2.24, 2.45) is 11.7 Å². The number of carbonyl (C=O) groups is 1. The van der Waals surface area contributed by atoms with Gasteiger partial charge in [-0.05, 0) is 43.4 Å². The minimum absolute atomic E-state index is 0.217. The Labute approximate surface area is 135 Å². The largest absolute Gasteiger partial charge is 0.493 e. The van der Waals surface area contributed by atoms with Gasteiger partial charge in [0.2, 0.25) is 11.8 Å². The summed E-state index contributed by atoms with van der Waals surface area (Å²) in [5, 5.41) is 3.72. The summed E-state index contributed by atoms with van der Waals surface area (Å²) in [4.78, 5) is 15.9. The summed E-state index contributed by atoms with van der Waals surface area (Å²) < 4.78 is 10.9. The van der Waals surface area contributed by atoms with E-state index in [9.17, 15) is 4.79 Å². The highest BCUT2D eigenvalue weighted by molar-refractivity contribution is 5.84. The Morgan fingerprint density at radius 1 is 1.35 bits per heavy atom. The van der Waals surface area contributed by atoms with E-state index in [2.05, 4.69) is 10.1 Å². The van der Waals surface area contributed by atoms with E-state index in [1.165, 1.54) is 25.7 Å². The van der Waals surface area contributed by atoms with E-state index in [1.807, 2.05) is 24.3 Å². The van der Waals surface area contributed by atoms with E-state index in [0.717, 1.165) is 17.9 Å². The predicted octanol–water partition coefficient (Wildman–Crippen LogP) is 2.56. The molecule has 3 rings (SSSR count). The molecule has 0 saturated heterocycles. The van der Waals surface area contributed by atoms with Crippen molar-refractivity contribution < 1.29 is 14.1 Å². The molecular formula is C17H21N3O3. The van der Waals surface area contributed by atoms with Crippen LogP contribution in [0.1, 0.15) is 48.9 Å². The van der Waals surface area contributed by atoms with Crippen LogP contribution in [0.15, 0.2) is 28.8 Å². The molecule has 1 saturated carbocycles. The first-order valence-electron chi connectivity index (χ1n) is 7.96. The molecule has 0 aliphatic heterocycles. The number of nitrogens with two attached hydrogens (primary N) is 1. The van der Waals surface area contributed by atoms with Crippen molar-refractivity contribution in [3.63, 3.8) is 0 Å². The first-order chi connectivity index (χ1) is 11.1. The number of nitrogens with zero attached hydrogens (tertiary/aromatic N) is 2. The van der Waals surface area contributed by atoms with Crippen LogP contribution in [0, 0.1) is 12.8 Å². The Morgan fingerprint density at radius 3 is 2.61 bits per heavy atom. The summed E-state index contributed by atoms with van der Waals surface area (Å²) in [6.45, 7) is 2.45. The maximum absolute atomic E-state index is 11.8. The summed E-state index contributed by atoms with van der Waals surface area (Å²) in [7, 11) is 0. The number of aromatic nitrogens is 2. The third-order valence-electron chi connectivity index (χ3n) is 4.25. The Morgan fingerprint density at radius 2 is 2.04 bits per heavy atom. The van der Waals surface area contributed by atoms with Crippen LogP contribution in [0.5, 0.6) is 5.75 Å². The van der Waals surface area contributed by atoms with Gasteiger partial charge in [-0.2, -0.15) is 4.98 Å². The minimum atomic E-state index is -0.736. The molecule has 23 heavy (non-hydrogen) atoms. The molecule has 2 aromatic rings. The van der Waals surface area contributed by atoms with Gasteiger partial charge < -0.3 is 15.0 Å². The number of hydrogen-bond acceptors (Lipinski definition) is 5. The Hall–Kier alpha value is -2.37. The van der Waals surface area contributed by atoms with Crippen LogP contribution in [-0.4, -0.2) is 22.7 Å². The summed E-state index contributed by atoms with van der Waals surface area (Å²) >= 11 is 0. The average Bonchev–Trinajstić information content (AvgIpc) is 3.18. The molecule has 1 aliphatic carbocycles. The first-order valence-corrected chi connectivity index (χ1v) is 7.96. The third kappa shape index (κ3) is 3.70. The van der Waals surface area contributed by atoms with Gasteiger partial charge in [0.25, 0.3) is 0 Å². The van der Waals surface area contributed by atoms with Crippen molar-refractivity contribution in [1.82, 2.24) is 10.1 Å². The fourth-order valence-electron chi connectivity index (χ4n) is 3.01. The number of benzene rings is 1. The van der Waals surface area contributed by atoms with Crippen LogP contribution >= 0.6 is 0 Å². The zero-order valence-corrected chi connectivity index (χ0v) is 13.2. The number of aryl methyl sites for hydroxylation is 1. The van der Waals surface area contributed by atoms with Crippen LogP contribution in [0.2, 0.25) is 0 Å². The molecule has 1 unspecified atom stereocenters. The van der Waals surface area contributed by atoms with E-state index >= 15 is 0 Å². The molecule has 122 valence electrons. The lowest BCUT2D eigenvalue weighted by Crippen LogP contribution is -2.22. The molecule has 1 aliphatic rings. The van der Waals surface area contributed by atoms with Gasteiger partial charge in [0, 0.05) is 0 Å². The highest BCUT2D eigenvalue weighted by Gasteiger charge is 2.26. The first kappa shape index (κ1) is 15.5. The third-order valence-corrected chi connectivity index (χ3v) is 4.25. The van der Waals surface area contributed by atoms with Crippen LogP contribution in [0.25, 0.3) is 0 Å². The van der Waals surface area contributed by atoms with Gasteiger partial charge in [-0.1, -0.05) is 30.1 Å². The monoisotopic (exact) mass is 315 g/mol. The van der Waals surface area contributed by atoms with Crippen LogP contribution in [-0.2, 0) is 4.79 Å². The molecule has 1 aromatic carbocycles. The maximum atomic E-state index is 11.8. The molecular weight excluding hydrogens is 294 g/mol. The standard InChI is InChI=1S/C17H21N3O3/c1-11-19-17(23-20-11)15(16(18)21)13-6-8-14(9-7-13)22-10-12-4-2-3-5-12/h6-9,12,15H,2-5,10H2,1H3,(H2,18,21). The second kappa shape index (κ2) is 6.81. The molecule has 0 bridgehead atoms. The molecule has 0 radical (unpaired) electrons. The summed E-state index contributed by atoms with van der Waals surface area (Å²) in [5.41, 5.74) is 6.21. The lowest BCUT2D eigenvalue weighted by molar-refractivity contribution is -0.119. The molecule has 1 aromatic heterocycles. The lowest BCUT2D eigenvalue weighted by atomic mass is 9.98. The second-order valence-electron chi connectivity index (χ2n) is 6.05. The van der Waals surface area contributed by atoms with Gasteiger partial charge in [-0.3, -0.25) is 4.79 Å². The predicted molar refractivity (Wildman–Crippen MR) is 84.0 cm³/mol. The van der Waals surface area contributed by atoms with Gasteiger partial charge >= 0.3 is 0 Å². The SMILES string of the molecule is Cc1noc(C(C(N)=O)c2ccc(OCC3CCCC3)cc2)n1. The fraction of sp³-hybridized carbons (Fsp3) is 0.471. The summed E-state index contributed by atoms with van der Waals surface area (Å²) in [6.07, 6.45) is 5.10. The molecule has 0 spiro atoms. The zero-order valence-electron chi connectivity index (χ0n) is 13.2. The molecule has 1 atom stereocenters. The highest BCUT2D eigenvalue weighted by atomic mass is 16.5. The normalized spacial score (nSPS) is 16.4. The van der Waals surface area contributed by atoms with Gasteiger partial charge in [-0.15, -0.1) is 0 Å². The van der Waals surface area contributed by atoms with Crippen LogP contribution < -0.4 is 10.5 Å². The van der Waals surface area contributed by atoms with Crippen molar-refractivity contribution in [2.75, 3.05) is 6.61 Å². The number of amides is 1. The van der Waals surface area contributed by atoms with E-state index in [4.69, 9.17) is 15.0 Å². The Balaban J connectivity index is 1.70. The van der Waals surface area contributed by atoms with Crippen molar-refractivity contribution >= 4 is 5.91 Å². The zero-order chi connectivity index (χ0) is 16.2. The van der Waals surface area contributed by atoms with Crippen molar-refractivity contribution in [1.29, 1.82) is 0 Å². The van der Waals surface area contributed by atoms with Crippen LogP contribution in [0.4, 0.5) is 0 Å². The molecule has 1 amide bonds. The van der Waals surface area contributed by atoms with Crippen LogP contribution in [0.3, 0.4) is 0 Å². The minimum Gasteiger partial charge on any atom is -0.493 e. The Kier molecular flexibility index (Phi) is 4.60. The smallest absolute Gasteiger partial charge is 0.243 e. The molecule has 1 fully saturated rings. The van der Waals surface area contributed by atoms with Crippen molar-refractivity contribution in [2.45, 2.75) is 38.5 Å². The fourth-order valence-corrected chi connectivity index (χ4v) is 3.01. The number of ether oxygens (including phenoxy) is 1. The van der Waals surface area contributed by atoms with E-state index in [0.29, 0.717) is 11.7 Å². The number of carbonyl (C=O) groups excluding carboxylic acids is 1. The number of primary amides is 1. The highest BCUT2D eigenvalue weighted by Crippen LogP contribution is 2.27. The molecule has 6 nitrogen and oxygen atoms in total. The quantitative estimate of drug-likeness (QED) is 0.884. The van der Waals surface area contributed by atoms with Crippen molar-refractivity contribution in [3.8, 4) is 5.75 Å². The summed E-state index contributed by atoms with van der Waals surface area (Å²) in [6, 6.07) is 7.34. The average molecular weight is 315 g/mol. The second-order valence-corrected chi connectivity index (χ2v) is 6.05. The molecule has 2 N–H and O–H groups in total. The van der Waals surface area contributed by atoms with Gasteiger partial charge in [-0.25, -0.2) is 0 Å². The molecule has 6 heteroatoms. The van der Waals surface area contributed by atoms with E-state index in [1.54, 1.807) is 6.92 Å². The number of rotatable bonds is 6. The molecule has 1 heterocycles. The van der Waals surface area contributed by atoms with E-state index < -0.39 is 11.8 Å². The Bertz CT molecular complexity index is 660. The topological polar surface area (TPSA) is 91.2 Å². The lowest BCUT2D eigenvalue weighted by Gasteiger charge is -2.13. The summed E-state index contributed by atoms with van der Waals surface area (Å²) in [5.74, 6) is 0.894. The van der Waals surface area contributed by atoms with Crippen molar-refractivity contribution in [3.05, 3.63) is 41.5 Å². The maximum Gasteiger partial charge on any atom is 0.243 e. The van der Waals surface area contributed by atoms with Gasteiger partial charge in [0.15, 0.2) is 5.82 Å². The van der Waals surface area contributed by atoms with E-state index in [-0.39, 0.29) is 5.89 Å². The van der Waals surface area contributed by atoms with Gasteiger partial charge in [0.1, 0.15) is 11.7 Å².